The van der Waals surface area contributed by atoms with E-state index in [2.05, 4.69) is 6.58 Å². The van der Waals surface area contributed by atoms with Crippen molar-refractivity contribution in [2.45, 2.75) is 30.2 Å². The topological polar surface area (TPSA) is 26.3 Å². The summed E-state index contributed by atoms with van der Waals surface area (Å²) in [6.45, 7) is 6.68. The number of esters is 1. The Morgan fingerprint density at radius 3 is 2.15 bits per heavy atom. The molecule has 5 heteroatoms. The van der Waals surface area contributed by atoms with Crippen molar-refractivity contribution in [2.24, 2.45) is 0 Å². The average molecular weight is 246 g/mol. The predicted octanol–water partition coefficient (Wildman–Crippen LogP) is 3.25. The highest BCUT2D eigenvalue weighted by Gasteiger charge is 2.35. The van der Waals surface area contributed by atoms with Gasteiger partial charge in [0.1, 0.15) is 0 Å². The minimum atomic E-state index is -1.61. The molecule has 0 aromatic rings. The fourth-order valence-electron chi connectivity index (χ4n) is 0.741. The van der Waals surface area contributed by atoms with Crippen LogP contribution in [0.1, 0.15) is 20.3 Å². The lowest BCUT2D eigenvalue weighted by Gasteiger charge is -2.23. The smallest absolute Gasteiger partial charge is 0.303 e. The van der Waals surface area contributed by atoms with Gasteiger partial charge in [-0.3, -0.25) is 4.79 Å². The predicted molar refractivity (Wildman–Crippen MR) is 55.3 cm³/mol. The van der Waals surface area contributed by atoms with Gasteiger partial charge in [-0.2, -0.15) is 0 Å². The van der Waals surface area contributed by atoms with Gasteiger partial charge in [-0.1, -0.05) is 47.0 Å². The lowest BCUT2D eigenvalue weighted by molar-refractivity contribution is -0.146. The van der Waals surface area contributed by atoms with E-state index in [0.29, 0.717) is 6.42 Å². The number of alkyl halides is 3. The summed E-state index contributed by atoms with van der Waals surface area (Å²) in [6.07, 6.45) is -0.428. The average Bonchev–Trinajstić information content (AvgIpc) is 1.81. The van der Waals surface area contributed by atoms with Crippen molar-refractivity contribution < 1.29 is 9.53 Å². The van der Waals surface area contributed by atoms with Crippen molar-refractivity contribution in [3.8, 4) is 0 Å². The molecule has 1 atom stereocenters. The van der Waals surface area contributed by atoms with Crippen LogP contribution < -0.4 is 0 Å². The fourth-order valence-corrected chi connectivity index (χ4v) is 1.11. The number of hydrogen-bond donors (Lipinski definition) is 0. The summed E-state index contributed by atoms with van der Waals surface area (Å²) in [4.78, 5) is 10.7. The first-order valence-electron chi connectivity index (χ1n) is 3.61. The third kappa shape index (κ3) is 6.19. The number of carbonyl (C=O) groups excluding carboxylic acids is 1. The van der Waals surface area contributed by atoms with Crippen LogP contribution in [0.25, 0.3) is 0 Å². The number of ether oxygens (including phenoxy) is 1. The van der Waals surface area contributed by atoms with Gasteiger partial charge in [0.05, 0.1) is 0 Å². The van der Waals surface area contributed by atoms with Gasteiger partial charge in [0.2, 0.25) is 3.79 Å². The van der Waals surface area contributed by atoms with Gasteiger partial charge in [0, 0.05) is 13.3 Å². The normalized spacial score (nSPS) is 13.6. The molecule has 0 saturated heterocycles. The van der Waals surface area contributed by atoms with Crippen molar-refractivity contribution in [3.05, 3.63) is 12.2 Å². The van der Waals surface area contributed by atoms with E-state index in [-0.39, 0.29) is 0 Å². The Hall–Kier alpha value is 0.0800. The van der Waals surface area contributed by atoms with Crippen molar-refractivity contribution >= 4 is 40.8 Å². The van der Waals surface area contributed by atoms with Crippen molar-refractivity contribution in [1.29, 1.82) is 0 Å². The molecule has 0 aliphatic rings. The molecule has 0 aromatic heterocycles. The lowest BCUT2D eigenvalue weighted by Crippen LogP contribution is -2.30. The molecule has 0 unspecified atom stereocenters. The van der Waals surface area contributed by atoms with Crippen LogP contribution >= 0.6 is 34.8 Å². The highest BCUT2D eigenvalue weighted by Crippen LogP contribution is 2.35. The number of rotatable bonds is 3. The molecule has 0 radical (unpaired) electrons. The van der Waals surface area contributed by atoms with E-state index in [1.807, 2.05) is 0 Å². The Balaban J connectivity index is 4.37. The van der Waals surface area contributed by atoms with E-state index in [1.54, 1.807) is 6.92 Å². The summed E-state index contributed by atoms with van der Waals surface area (Å²) in [5.74, 6) is -0.474. The summed E-state index contributed by atoms with van der Waals surface area (Å²) in [7, 11) is 0. The first kappa shape index (κ1) is 13.1. The molecule has 0 N–H and O–H groups in total. The van der Waals surface area contributed by atoms with Crippen LogP contribution in [-0.2, 0) is 9.53 Å². The molecule has 0 aromatic carbocycles. The summed E-state index contributed by atoms with van der Waals surface area (Å²) >= 11 is 16.8. The van der Waals surface area contributed by atoms with Crippen LogP contribution in [0, 0.1) is 0 Å². The minimum Gasteiger partial charge on any atom is -0.458 e. The minimum absolute atomic E-state index is 0.343. The Bertz CT molecular complexity index is 192. The molecule has 0 aliphatic heterocycles. The molecule has 0 amide bonds. The van der Waals surface area contributed by atoms with E-state index in [9.17, 15) is 4.79 Å². The highest BCUT2D eigenvalue weighted by atomic mass is 35.6. The molecule has 13 heavy (non-hydrogen) atoms. The monoisotopic (exact) mass is 244 g/mol. The molecule has 0 bridgehead atoms. The Labute approximate surface area is 92.8 Å². The lowest BCUT2D eigenvalue weighted by atomic mass is 10.1. The largest absolute Gasteiger partial charge is 0.458 e. The summed E-state index contributed by atoms with van der Waals surface area (Å²) < 4.78 is 3.22. The third-order valence-corrected chi connectivity index (χ3v) is 1.94. The van der Waals surface area contributed by atoms with Crippen LogP contribution in [-0.4, -0.2) is 15.9 Å². The molecule has 0 fully saturated rings. The molecule has 0 rings (SSSR count). The zero-order valence-electron chi connectivity index (χ0n) is 7.44. The second-order valence-electron chi connectivity index (χ2n) is 2.80. The zero-order chi connectivity index (χ0) is 10.6. The quantitative estimate of drug-likeness (QED) is 0.433. The standard InChI is InChI=1S/C8H11Cl3O2/c1-5(2)4-7(8(9,10)11)13-6(3)12/h7H,1,4H2,2-3H3/t7-/m1/s1. The second-order valence-corrected chi connectivity index (χ2v) is 5.17. The van der Waals surface area contributed by atoms with Crippen LogP contribution in [0.3, 0.4) is 0 Å². The van der Waals surface area contributed by atoms with Crippen LogP contribution in [0.5, 0.6) is 0 Å². The van der Waals surface area contributed by atoms with Crippen LogP contribution in [0.4, 0.5) is 0 Å². The molecule has 76 valence electrons. The fraction of sp³-hybridized carbons (Fsp3) is 0.625. The molecular formula is C8H11Cl3O2. The van der Waals surface area contributed by atoms with Crippen LogP contribution in [0.15, 0.2) is 12.2 Å². The van der Waals surface area contributed by atoms with Gasteiger partial charge >= 0.3 is 5.97 Å². The van der Waals surface area contributed by atoms with Gasteiger partial charge < -0.3 is 4.74 Å². The van der Waals surface area contributed by atoms with Gasteiger partial charge in [0.15, 0.2) is 6.10 Å². The van der Waals surface area contributed by atoms with E-state index in [4.69, 9.17) is 39.5 Å². The van der Waals surface area contributed by atoms with Crippen molar-refractivity contribution in [1.82, 2.24) is 0 Å². The maximum atomic E-state index is 10.7. The Morgan fingerprint density at radius 1 is 1.46 bits per heavy atom. The number of carbonyl (C=O) groups is 1. The molecule has 0 aliphatic carbocycles. The number of halogens is 3. The zero-order valence-corrected chi connectivity index (χ0v) is 9.71. The summed E-state index contributed by atoms with van der Waals surface area (Å²) in [5.41, 5.74) is 0.789. The van der Waals surface area contributed by atoms with Crippen LogP contribution in [0.2, 0.25) is 0 Å². The number of hydrogen-bond acceptors (Lipinski definition) is 2. The molecule has 0 heterocycles. The van der Waals surface area contributed by atoms with Gasteiger partial charge in [-0.25, -0.2) is 0 Å². The first-order valence-corrected chi connectivity index (χ1v) is 4.75. The molecular weight excluding hydrogens is 234 g/mol. The van der Waals surface area contributed by atoms with Gasteiger partial charge in [-0.05, 0) is 6.92 Å². The first-order chi connectivity index (χ1) is 5.73. The van der Waals surface area contributed by atoms with E-state index in [1.165, 1.54) is 6.92 Å². The van der Waals surface area contributed by atoms with Crippen molar-refractivity contribution in [2.75, 3.05) is 0 Å². The van der Waals surface area contributed by atoms with E-state index in [0.717, 1.165) is 5.57 Å². The Kier molecular flexibility index (Phi) is 5.11. The van der Waals surface area contributed by atoms with Gasteiger partial charge in [-0.15, -0.1) is 0 Å². The Morgan fingerprint density at radius 2 is 1.92 bits per heavy atom. The molecule has 0 saturated carbocycles. The summed E-state index contributed by atoms with van der Waals surface area (Å²) in [6, 6.07) is 0. The highest BCUT2D eigenvalue weighted by molar-refractivity contribution is 6.68. The molecule has 2 nitrogen and oxygen atoms in total. The summed E-state index contributed by atoms with van der Waals surface area (Å²) in [5, 5.41) is 0. The van der Waals surface area contributed by atoms with E-state index < -0.39 is 15.9 Å². The van der Waals surface area contributed by atoms with Gasteiger partial charge in [0.25, 0.3) is 0 Å². The maximum absolute atomic E-state index is 10.7. The molecule has 0 spiro atoms. The third-order valence-electron chi connectivity index (χ3n) is 1.21. The second kappa shape index (κ2) is 5.08. The maximum Gasteiger partial charge on any atom is 0.303 e. The van der Waals surface area contributed by atoms with Crippen molar-refractivity contribution in [3.63, 3.8) is 0 Å². The SMILES string of the molecule is C=C(C)C[C@@H](OC(C)=O)C(Cl)(Cl)Cl. The van der Waals surface area contributed by atoms with E-state index >= 15 is 0 Å².